The lowest BCUT2D eigenvalue weighted by Gasteiger charge is -2.52. The molecule has 0 amide bonds. The van der Waals surface area contributed by atoms with Crippen molar-refractivity contribution in [1.29, 1.82) is 5.26 Å². The fourth-order valence-electron chi connectivity index (χ4n) is 3.74. The van der Waals surface area contributed by atoms with Gasteiger partial charge in [0.15, 0.2) is 0 Å². The molecule has 1 fully saturated rings. The summed E-state index contributed by atoms with van der Waals surface area (Å²) in [5.41, 5.74) is 1.61. The lowest BCUT2D eigenvalue weighted by molar-refractivity contribution is 0.0296. The average molecular weight is 400 g/mol. The van der Waals surface area contributed by atoms with Crippen LogP contribution in [0.2, 0.25) is 5.02 Å². The first-order valence-corrected chi connectivity index (χ1v) is 9.94. The summed E-state index contributed by atoms with van der Waals surface area (Å²) in [4.78, 5) is 8.77. The van der Waals surface area contributed by atoms with Crippen LogP contribution in [0.1, 0.15) is 37.8 Å². The van der Waals surface area contributed by atoms with Crippen molar-refractivity contribution in [2.24, 2.45) is 11.3 Å². The number of benzene rings is 1. The van der Waals surface area contributed by atoms with Crippen LogP contribution in [-0.2, 0) is 6.42 Å². The zero-order valence-electron chi connectivity index (χ0n) is 16.2. The number of hydrogen-bond donors (Lipinski definition) is 3. The van der Waals surface area contributed by atoms with Crippen LogP contribution >= 0.6 is 11.6 Å². The second kappa shape index (κ2) is 8.76. The van der Waals surface area contributed by atoms with E-state index < -0.39 is 0 Å². The van der Waals surface area contributed by atoms with Crippen LogP contribution in [0.3, 0.4) is 0 Å². The van der Waals surface area contributed by atoms with Crippen LogP contribution in [-0.4, -0.2) is 34.3 Å². The van der Waals surface area contributed by atoms with E-state index in [0.717, 1.165) is 29.8 Å². The first-order valence-electron chi connectivity index (χ1n) is 9.57. The smallest absolute Gasteiger partial charge is 0.224 e. The zero-order valence-corrected chi connectivity index (χ0v) is 17.0. The molecule has 2 atom stereocenters. The van der Waals surface area contributed by atoms with E-state index >= 15 is 0 Å². The summed E-state index contributed by atoms with van der Waals surface area (Å²) in [7, 11) is 0. The summed E-state index contributed by atoms with van der Waals surface area (Å²) < 4.78 is 0. The number of hydrogen-bond acceptors (Lipinski definition) is 6. The molecular weight excluding hydrogens is 374 g/mol. The van der Waals surface area contributed by atoms with Gasteiger partial charge in [0.2, 0.25) is 5.95 Å². The zero-order chi connectivity index (χ0) is 20.1. The third kappa shape index (κ3) is 4.54. The molecule has 1 aliphatic carbocycles. The standard InChI is InChI=1S/C21H26ClN5O/c1-21(2)16(7-9-28)11-18(21)26-19-15(12-23)13-25-20(27-19)24-8-6-14-4-3-5-17(22)10-14/h3-5,10,13,16,18,28H,6-9,11H2,1-2H3,(H2,24,25,26,27)/t16-,18+/m1/s1. The Hall–Kier alpha value is -2.36. The Kier molecular flexibility index (Phi) is 6.38. The van der Waals surface area contributed by atoms with Crippen molar-refractivity contribution in [3.8, 4) is 6.07 Å². The molecule has 2 aromatic rings. The van der Waals surface area contributed by atoms with Gasteiger partial charge < -0.3 is 15.7 Å². The molecule has 1 aromatic carbocycles. The highest BCUT2D eigenvalue weighted by Gasteiger charge is 2.47. The molecule has 1 heterocycles. The fourth-order valence-corrected chi connectivity index (χ4v) is 3.95. The predicted octanol–water partition coefficient (Wildman–Crippen LogP) is 3.87. The lowest BCUT2D eigenvalue weighted by atomic mass is 9.57. The number of rotatable bonds is 8. The van der Waals surface area contributed by atoms with Crippen LogP contribution in [0.5, 0.6) is 0 Å². The minimum absolute atomic E-state index is 0.0422. The minimum Gasteiger partial charge on any atom is -0.396 e. The number of aliphatic hydroxyl groups is 1. The monoisotopic (exact) mass is 399 g/mol. The van der Waals surface area contributed by atoms with Gasteiger partial charge in [0.25, 0.3) is 0 Å². The van der Waals surface area contributed by atoms with Crippen LogP contribution in [0.25, 0.3) is 0 Å². The van der Waals surface area contributed by atoms with Gasteiger partial charge in [0.1, 0.15) is 17.5 Å². The molecule has 0 aliphatic heterocycles. The molecular formula is C21H26ClN5O. The van der Waals surface area contributed by atoms with Gasteiger partial charge >= 0.3 is 0 Å². The van der Waals surface area contributed by atoms with Gasteiger partial charge in [0.05, 0.1) is 6.20 Å². The second-order valence-electron chi connectivity index (χ2n) is 7.84. The number of halogens is 1. The maximum absolute atomic E-state index is 9.39. The summed E-state index contributed by atoms with van der Waals surface area (Å²) >= 11 is 6.02. The van der Waals surface area contributed by atoms with Crippen LogP contribution in [0.4, 0.5) is 11.8 Å². The molecule has 148 valence electrons. The van der Waals surface area contributed by atoms with Crippen molar-refractivity contribution in [2.75, 3.05) is 23.8 Å². The molecule has 1 aliphatic rings. The fraction of sp³-hybridized carbons (Fsp3) is 0.476. The Balaban J connectivity index is 1.63. The topological polar surface area (TPSA) is 93.9 Å². The third-order valence-electron chi connectivity index (χ3n) is 5.75. The minimum atomic E-state index is 0.0422. The van der Waals surface area contributed by atoms with Gasteiger partial charge in [-0.2, -0.15) is 10.2 Å². The Morgan fingerprint density at radius 1 is 1.39 bits per heavy atom. The van der Waals surface area contributed by atoms with E-state index in [1.54, 1.807) is 6.20 Å². The highest BCUT2D eigenvalue weighted by molar-refractivity contribution is 6.30. The number of nitrogens with one attached hydrogen (secondary N) is 2. The van der Waals surface area contributed by atoms with Gasteiger partial charge in [-0.15, -0.1) is 0 Å². The lowest BCUT2D eigenvalue weighted by Crippen LogP contribution is -2.53. The molecule has 3 rings (SSSR count). The van der Waals surface area contributed by atoms with Crippen molar-refractivity contribution in [3.05, 3.63) is 46.6 Å². The summed E-state index contributed by atoms with van der Waals surface area (Å²) in [5, 5.41) is 26.0. The maximum atomic E-state index is 9.39. The highest BCUT2D eigenvalue weighted by atomic mass is 35.5. The summed E-state index contributed by atoms with van der Waals surface area (Å²) in [5.74, 6) is 1.52. The Morgan fingerprint density at radius 3 is 2.89 bits per heavy atom. The third-order valence-corrected chi connectivity index (χ3v) is 5.99. The second-order valence-corrected chi connectivity index (χ2v) is 8.27. The summed E-state index contributed by atoms with van der Waals surface area (Å²) in [6, 6.07) is 10.1. The van der Waals surface area contributed by atoms with Crippen molar-refractivity contribution < 1.29 is 5.11 Å². The van der Waals surface area contributed by atoms with Crippen LogP contribution in [0.15, 0.2) is 30.5 Å². The number of nitrogens with zero attached hydrogens (tertiary/aromatic N) is 3. The molecule has 0 spiro atoms. The SMILES string of the molecule is CC1(C)[C@H](CCO)C[C@@H]1Nc1nc(NCCc2cccc(Cl)c2)ncc1C#N. The van der Waals surface area contributed by atoms with Crippen molar-refractivity contribution in [3.63, 3.8) is 0 Å². The van der Waals surface area contributed by atoms with E-state index in [1.807, 2.05) is 24.3 Å². The molecule has 7 heteroatoms. The molecule has 1 saturated carbocycles. The molecule has 28 heavy (non-hydrogen) atoms. The van der Waals surface area contributed by atoms with E-state index in [1.165, 1.54) is 0 Å². The highest BCUT2D eigenvalue weighted by Crippen LogP contribution is 2.49. The number of aliphatic hydroxyl groups excluding tert-OH is 1. The van der Waals surface area contributed by atoms with Gasteiger partial charge in [-0.25, -0.2) is 4.98 Å². The quantitative estimate of drug-likeness (QED) is 0.623. The Morgan fingerprint density at radius 2 is 2.21 bits per heavy atom. The molecule has 3 N–H and O–H groups in total. The Labute approximate surface area is 171 Å². The molecule has 1 aromatic heterocycles. The average Bonchev–Trinajstić information content (AvgIpc) is 2.67. The van der Waals surface area contributed by atoms with Crippen LogP contribution in [0, 0.1) is 22.7 Å². The van der Waals surface area contributed by atoms with Crippen molar-refractivity contribution in [1.82, 2.24) is 9.97 Å². The number of nitriles is 1. The first-order chi connectivity index (χ1) is 13.4. The van der Waals surface area contributed by atoms with Crippen molar-refractivity contribution >= 4 is 23.4 Å². The van der Waals surface area contributed by atoms with E-state index in [-0.39, 0.29) is 18.1 Å². The van der Waals surface area contributed by atoms with Gasteiger partial charge in [0, 0.05) is 24.2 Å². The molecule has 0 bridgehead atoms. The maximum Gasteiger partial charge on any atom is 0.224 e. The summed E-state index contributed by atoms with van der Waals surface area (Å²) in [6.07, 6.45) is 4.11. The van der Waals surface area contributed by atoms with Gasteiger partial charge in [-0.05, 0) is 48.3 Å². The number of aromatic nitrogens is 2. The van der Waals surface area contributed by atoms with E-state index in [4.69, 9.17) is 11.6 Å². The van der Waals surface area contributed by atoms with Gasteiger partial charge in [-0.3, -0.25) is 0 Å². The Bertz CT molecular complexity index is 864. The first kappa shape index (κ1) is 20.4. The largest absolute Gasteiger partial charge is 0.396 e. The van der Waals surface area contributed by atoms with Crippen molar-refractivity contribution in [2.45, 2.75) is 39.2 Å². The molecule has 0 radical (unpaired) electrons. The molecule has 0 saturated heterocycles. The van der Waals surface area contributed by atoms with E-state index in [2.05, 4.69) is 40.5 Å². The van der Waals surface area contributed by atoms with E-state index in [9.17, 15) is 10.4 Å². The predicted molar refractivity (Wildman–Crippen MR) is 111 cm³/mol. The normalized spacial score (nSPS) is 20.1. The van der Waals surface area contributed by atoms with Gasteiger partial charge in [-0.1, -0.05) is 37.6 Å². The summed E-state index contributed by atoms with van der Waals surface area (Å²) in [6.45, 7) is 5.25. The number of anilines is 2. The van der Waals surface area contributed by atoms with E-state index in [0.29, 0.717) is 29.8 Å². The molecule has 0 unspecified atom stereocenters. The molecule has 6 nitrogen and oxygen atoms in total. The van der Waals surface area contributed by atoms with Crippen LogP contribution < -0.4 is 10.6 Å².